The molecule has 2 atom stereocenters. The number of phenolic OH excluding ortho intramolecular Hbond substituents is 1. The van der Waals surface area contributed by atoms with Crippen molar-refractivity contribution in [3.8, 4) is 11.5 Å². The molecule has 0 spiro atoms. The monoisotopic (exact) mass is 519 g/mol. The molecule has 0 fully saturated rings. The molecule has 1 aromatic heterocycles. The van der Waals surface area contributed by atoms with Crippen molar-refractivity contribution in [2.24, 2.45) is 0 Å². The zero-order valence-electron chi connectivity index (χ0n) is 21.3. The molecule has 0 unspecified atom stereocenters. The van der Waals surface area contributed by atoms with Crippen LogP contribution in [-0.4, -0.2) is 65.8 Å². The predicted octanol–water partition coefficient (Wildman–Crippen LogP) is 5.54. The fraction of sp³-hybridized carbons (Fsp3) is 0.310. The SMILES string of the molecule is CC(=O)c1cc2cc(C(=O)N3C[C@@H]([C@@H](C)Cl)c4c3cc(O)c3ccccc43)[nH]c2cc1OCCN(C)C. The first kappa shape index (κ1) is 25.1. The van der Waals surface area contributed by atoms with Crippen molar-refractivity contribution in [2.75, 3.05) is 38.7 Å². The van der Waals surface area contributed by atoms with Crippen LogP contribution in [0.3, 0.4) is 0 Å². The Hall–Kier alpha value is -3.55. The summed E-state index contributed by atoms with van der Waals surface area (Å²) in [4.78, 5) is 33.0. The van der Waals surface area contributed by atoms with Gasteiger partial charge >= 0.3 is 0 Å². The summed E-state index contributed by atoms with van der Waals surface area (Å²) in [5.74, 6) is 0.187. The lowest BCUT2D eigenvalue weighted by molar-refractivity contribution is 0.0981. The fourth-order valence-electron chi connectivity index (χ4n) is 5.09. The Labute approximate surface area is 220 Å². The first-order chi connectivity index (χ1) is 17.7. The number of aromatic amines is 1. The summed E-state index contributed by atoms with van der Waals surface area (Å²) in [5, 5.41) is 12.9. The minimum Gasteiger partial charge on any atom is -0.507 e. The molecule has 2 N–H and O–H groups in total. The number of halogens is 1. The van der Waals surface area contributed by atoms with Gasteiger partial charge in [0.15, 0.2) is 5.78 Å². The van der Waals surface area contributed by atoms with Crippen molar-refractivity contribution in [2.45, 2.75) is 25.1 Å². The van der Waals surface area contributed by atoms with Gasteiger partial charge in [-0.1, -0.05) is 24.3 Å². The average molecular weight is 520 g/mol. The fourth-order valence-corrected chi connectivity index (χ4v) is 5.29. The molecule has 8 heteroatoms. The van der Waals surface area contributed by atoms with Crippen LogP contribution in [0.2, 0.25) is 0 Å². The molecule has 0 aliphatic carbocycles. The smallest absolute Gasteiger partial charge is 0.274 e. The van der Waals surface area contributed by atoms with E-state index in [1.54, 1.807) is 29.2 Å². The maximum absolute atomic E-state index is 13.8. The van der Waals surface area contributed by atoms with Crippen molar-refractivity contribution in [1.82, 2.24) is 9.88 Å². The molecule has 1 aliphatic heterocycles. The predicted molar refractivity (Wildman–Crippen MR) is 148 cm³/mol. The number of likely N-dealkylation sites (N-methyl/N-ethyl adjacent to an activating group) is 1. The molecule has 1 aliphatic rings. The number of phenols is 1. The van der Waals surface area contributed by atoms with Gasteiger partial charge in [0.05, 0.1) is 11.3 Å². The highest BCUT2D eigenvalue weighted by molar-refractivity contribution is 6.22. The van der Waals surface area contributed by atoms with E-state index in [9.17, 15) is 14.7 Å². The molecule has 0 bridgehead atoms. The summed E-state index contributed by atoms with van der Waals surface area (Å²) in [7, 11) is 3.91. The lowest BCUT2D eigenvalue weighted by Crippen LogP contribution is -2.31. The van der Waals surface area contributed by atoms with Gasteiger partial charge in [-0.05, 0) is 51.0 Å². The van der Waals surface area contributed by atoms with E-state index >= 15 is 0 Å². The Bertz CT molecular complexity index is 1520. The number of H-pyrrole nitrogens is 1. The number of benzene rings is 3. The molecule has 3 aromatic carbocycles. The zero-order chi connectivity index (χ0) is 26.4. The summed E-state index contributed by atoms with van der Waals surface area (Å²) in [6.45, 7) is 4.98. The van der Waals surface area contributed by atoms with Crippen LogP contribution in [0, 0.1) is 0 Å². The third kappa shape index (κ3) is 4.54. The van der Waals surface area contributed by atoms with Crippen molar-refractivity contribution in [1.29, 1.82) is 0 Å². The molecule has 0 saturated carbocycles. The highest BCUT2D eigenvalue weighted by Crippen LogP contribution is 2.47. The van der Waals surface area contributed by atoms with Gasteiger partial charge in [-0.15, -0.1) is 11.6 Å². The number of nitrogens with one attached hydrogen (secondary N) is 1. The highest BCUT2D eigenvalue weighted by Gasteiger charge is 2.37. The quantitative estimate of drug-likeness (QED) is 0.247. The van der Waals surface area contributed by atoms with Gasteiger partial charge < -0.3 is 24.6 Å². The molecule has 1 amide bonds. The Morgan fingerprint density at radius 2 is 1.92 bits per heavy atom. The van der Waals surface area contributed by atoms with Gasteiger partial charge in [0.1, 0.15) is 23.8 Å². The third-order valence-corrected chi connectivity index (χ3v) is 7.31. The first-order valence-corrected chi connectivity index (χ1v) is 12.7. The van der Waals surface area contributed by atoms with Crippen molar-refractivity contribution >= 4 is 50.7 Å². The number of hydrogen-bond acceptors (Lipinski definition) is 5. The van der Waals surface area contributed by atoms with Crippen LogP contribution >= 0.6 is 11.6 Å². The molecular formula is C29H30ClN3O4. The van der Waals surface area contributed by atoms with Gasteiger partial charge in [0.2, 0.25) is 0 Å². The number of Topliss-reactive ketones (excluding diaryl/α,β-unsaturated/α-hetero) is 1. The van der Waals surface area contributed by atoms with Crippen LogP contribution in [0.4, 0.5) is 5.69 Å². The van der Waals surface area contributed by atoms with Crippen LogP contribution in [-0.2, 0) is 0 Å². The van der Waals surface area contributed by atoms with Crippen LogP contribution in [0.5, 0.6) is 11.5 Å². The lowest BCUT2D eigenvalue weighted by Gasteiger charge is -2.18. The Morgan fingerprint density at radius 3 is 2.59 bits per heavy atom. The van der Waals surface area contributed by atoms with E-state index < -0.39 is 0 Å². The zero-order valence-corrected chi connectivity index (χ0v) is 22.1. The molecule has 37 heavy (non-hydrogen) atoms. The topological polar surface area (TPSA) is 85.9 Å². The van der Waals surface area contributed by atoms with E-state index in [0.29, 0.717) is 47.9 Å². The maximum atomic E-state index is 13.8. The van der Waals surface area contributed by atoms with E-state index in [-0.39, 0.29) is 28.7 Å². The van der Waals surface area contributed by atoms with Crippen molar-refractivity contribution < 1.29 is 19.4 Å². The van der Waals surface area contributed by atoms with E-state index in [0.717, 1.165) is 21.7 Å². The number of aromatic hydroxyl groups is 1. The second kappa shape index (κ2) is 9.72. The van der Waals surface area contributed by atoms with Gasteiger partial charge in [0, 0.05) is 52.8 Å². The number of aromatic nitrogens is 1. The second-order valence-corrected chi connectivity index (χ2v) is 10.6. The van der Waals surface area contributed by atoms with Crippen LogP contribution < -0.4 is 9.64 Å². The van der Waals surface area contributed by atoms with Gasteiger partial charge in [-0.2, -0.15) is 0 Å². The number of amides is 1. The summed E-state index contributed by atoms with van der Waals surface area (Å²) < 4.78 is 5.91. The first-order valence-electron chi connectivity index (χ1n) is 12.3. The summed E-state index contributed by atoms with van der Waals surface area (Å²) in [6.07, 6.45) is 0. The summed E-state index contributed by atoms with van der Waals surface area (Å²) in [5.41, 5.74) is 3.20. The van der Waals surface area contributed by atoms with E-state index in [2.05, 4.69) is 4.98 Å². The molecule has 0 saturated heterocycles. The van der Waals surface area contributed by atoms with E-state index in [1.165, 1.54) is 6.92 Å². The van der Waals surface area contributed by atoms with E-state index in [4.69, 9.17) is 16.3 Å². The number of ether oxygens (including phenoxy) is 1. The van der Waals surface area contributed by atoms with Crippen molar-refractivity contribution in [3.05, 3.63) is 65.4 Å². The number of hydrogen-bond donors (Lipinski definition) is 2. The number of alkyl halides is 1. The Kier molecular flexibility index (Phi) is 6.60. The normalized spacial score (nSPS) is 15.9. The number of carbonyl (C=O) groups excluding carboxylic acids is 2. The number of ketones is 1. The molecule has 5 rings (SSSR count). The Morgan fingerprint density at radius 1 is 1.19 bits per heavy atom. The second-order valence-electron chi connectivity index (χ2n) is 9.90. The molecule has 2 heterocycles. The molecule has 192 valence electrons. The standard InChI is InChI=1S/C29H30ClN3O4/c1-16(30)22-15-33(25-14-26(35)19-7-5-6-8-20(19)28(22)25)29(36)24-12-18-11-21(17(2)34)27(13-23(18)31-24)37-10-9-32(3)4/h5-8,11-14,16,22,31,35H,9-10,15H2,1-4H3/t16-,22+/m1/s1. The summed E-state index contributed by atoms with van der Waals surface area (Å²) >= 11 is 6.60. The van der Waals surface area contributed by atoms with Gasteiger partial charge in [-0.3, -0.25) is 9.59 Å². The third-order valence-electron chi connectivity index (χ3n) is 7.01. The largest absolute Gasteiger partial charge is 0.507 e. The average Bonchev–Trinajstić information content (AvgIpc) is 3.44. The molecule has 0 radical (unpaired) electrons. The minimum atomic E-state index is -0.230. The van der Waals surface area contributed by atoms with Crippen LogP contribution in [0.15, 0.2) is 48.5 Å². The number of fused-ring (bicyclic) bond motifs is 4. The number of rotatable bonds is 7. The maximum Gasteiger partial charge on any atom is 0.274 e. The number of nitrogens with zero attached hydrogens (tertiary/aromatic N) is 2. The minimum absolute atomic E-state index is 0.0866. The van der Waals surface area contributed by atoms with Gasteiger partial charge in [-0.25, -0.2) is 0 Å². The number of carbonyl (C=O) groups is 2. The Balaban J connectivity index is 1.55. The van der Waals surface area contributed by atoms with Gasteiger partial charge in [0.25, 0.3) is 5.91 Å². The van der Waals surface area contributed by atoms with Crippen LogP contribution in [0.25, 0.3) is 21.7 Å². The highest BCUT2D eigenvalue weighted by atomic mass is 35.5. The number of anilines is 1. The van der Waals surface area contributed by atoms with Crippen LogP contribution in [0.1, 0.15) is 46.2 Å². The van der Waals surface area contributed by atoms with E-state index in [1.807, 2.05) is 50.2 Å². The molecular weight excluding hydrogens is 490 g/mol. The molecule has 7 nitrogen and oxygen atoms in total. The van der Waals surface area contributed by atoms with Crippen molar-refractivity contribution in [3.63, 3.8) is 0 Å². The molecule has 4 aromatic rings. The summed E-state index contributed by atoms with van der Waals surface area (Å²) in [6, 6.07) is 14.6. The lowest BCUT2D eigenvalue weighted by atomic mass is 9.92.